The average Bonchev–Trinajstić information content (AvgIpc) is 2.79. The van der Waals surface area contributed by atoms with Gasteiger partial charge in [0, 0.05) is 5.75 Å². The van der Waals surface area contributed by atoms with Crippen LogP contribution in [0.1, 0.15) is 16.4 Å². The van der Waals surface area contributed by atoms with Gasteiger partial charge in [0.1, 0.15) is 6.04 Å². The molecule has 0 aromatic heterocycles. The lowest BCUT2D eigenvalue weighted by Gasteiger charge is -2.14. The van der Waals surface area contributed by atoms with E-state index in [1.54, 1.807) is 11.8 Å². The van der Waals surface area contributed by atoms with Crippen molar-refractivity contribution in [3.63, 3.8) is 0 Å². The second-order valence-corrected chi connectivity index (χ2v) is 5.97. The van der Waals surface area contributed by atoms with Crippen LogP contribution in [-0.4, -0.2) is 22.9 Å². The fourth-order valence-electron chi connectivity index (χ4n) is 2.56. The maximum absolute atomic E-state index is 10.9. The molecule has 3 nitrogen and oxygen atoms in total. The van der Waals surface area contributed by atoms with E-state index in [1.165, 1.54) is 22.3 Å². The number of hydrogen-bond acceptors (Lipinski definition) is 3. The van der Waals surface area contributed by atoms with E-state index in [9.17, 15) is 4.79 Å². The number of benzene rings is 2. The number of carboxylic acids is 1. The second-order valence-electron chi connectivity index (χ2n) is 4.83. The SMILES string of the molecule is NC(CSC1c2ccccc2-c2ccccc21)C(=O)O. The first-order valence-electron chi connectivity index (χ1n) is 6.46. The van der Waals surface area contributed by atoms with Crippen LogP contribution in [-0.2, 0) is 4.79 Å². The molecule has 0 bridgehead atoms. The van der Waals surface area contributed by atoms with Crippen LogP contribution in [0.3, 0.4) is 0 Å². The zero-order valence-electron chi connectivity index (χ0n) is 10.8. The van der Waals surface area contributed by atoms with Gasteiger partial charge >= 0.3 is 5.97 Å². The van der Waals surface area contributed by atoms with Gasteiger partial charge in [0.15, 0.2) is 0 Å². The van der Waals surface area contributed by atoms with Crippen molar-refractivity contribution in [2.24, 2.45) is 5.73 Å². The third kappa shape index (κ3) is 2.21. The molecule has 1 atom stereocenters. The molecule has 0 heterocycles. The lowest BCUT2D eigenvalue weighted by molar-refractivity contribution is -0.137. The van der Waals surface area contributed by atoms with Crippen LogP contribution in [0.2, 0.25) is 0 Å². The van der Waals surface area contributed by atoms with Gasteiger partial charge in [-0.05, 0) is 22.3 Å². The summed E-state index contributed by atoms with van der Waals surface area (Å²) >= 11 is 1.60. The normalized spacial score (nSPS) is 14.7. The lowest BCUT2D eigenvalue weighted by atomic mass is 10.1. The molecule has 1 aliphatic carbocycles. The van der Waals surface area contributed by atoms with Crippen LogP contribution >= 0.6 is 11.8 Å². The Morgan fingerprint density at radius 3 is 2.10 bits per heavy atom. The third-order valence-electron chi connectivity index (χ3n) is 3.54. The number of carboxylic acid groups (broad SMARTS) is 1. The number of rotatable bonds is 4. The predicted molar refractivity (Wildman–Crippen MR) is 81.8 cm³/mol. The molecule has 0 radical (unpaired) electrons. The van der Waals surface area contributed by atoms with Gasteiger partial charge in [0.2, 0.25) is 0 Å². The number of hydrogen-bond donors (Lipinski definition) is 2. The van der Waals surface area contributed by atoms with Crippen molar-refractivity contribution in [3.05, 3.63) is 59.7 Å². The summed E-state index contributed by atoms with van der Waals surface area (Å²) in [6.07, 6.45) is 0. The Bertz CT molecular complexity index is 611. The van der Waals surface area contributed by atoms with Gasteiger partial charge in [0.25, 0.3) is 0 Å². The molecule has 20 heavy (non-hydrogen) atoms. The number of fused-ring (bicyclic) bond motifs is 3. The van der Waals surface area contributed by atoms with E-state index in [-0.39, 0.29) is 5.25 Å². The number of nitrogens with two attached hydrogens (primary N) is 1. The van der Waals surface area contributed by atoms with Crippen LogP contribution in [0.5, 0.6) is 0 Å². The van der Waals surface area contributed by atoms with E-state index in [4.69, 9.17) is 10.8 Å². The highest BCUT2D eigenvalue weighted by Crippen LogP contribution is 2.49. The molecule has 0 saturated carbocycles. The second kappa shape index (κ2) is 5.31. The summed E-state index contributed by atoms with van der Waals surface area (Å²) in [6.45, 7) is 0. The van der Waals surface area contributed by atoms with E-state index in [0.29, 0.717) is 5.75 Å². The van der Waals surface area contributed by atoms with Gasteiger partial charge in [-0.2, -0.15) is 0 Å². The van der Waals surface area contributed by atoms with E-state index >= 15 is 0 Å². The first-order valence-corrected chi connectivity index (χ1v) is 7.51. The zero-order valence-corrected chi connectivity index (χ0v) is 11.6. The highest BCUT2D eigenvalue weighted by molar-refractivity contribution is 7.99. The monoisotopic (exact) mass is 285 g/mol. The van der Waals surface area contributed by atoms with Crippen LogP contribution in [0, 0.1) is 0 Å². The summed E-state index contributed by atoms with van der Waals surface area (Å²) in [5, 5.41) is 9.08. The third-order valence-corrected chi connectivity index (χ3v) is 4.93. The van der Waals surface area contributed by atoms with Crippen LogP contribution in [0.25, 0.3) is 11.1 Å². The van der Waals surface area contributed by atoms with Crippen LogP contribution in [0.15, 0.2) is 48.5 Å². The molecule has 0 amide bonds. The fraction of sp³-hybridized carbons (Fsp3) is 0.188. The van der Waals surface area contributed by atoms with Crippen molar-refractivity contribution in [2.75, 3.05) is 5.75 Å². The molecule has 4 heteroatoms. The van der Waals surface area contributed by atoms with Gasteiger partial charge in [-0.25, -0.2) is 0 Å². The van der Waals surface area contributed by atoms with Crippen molar-refractivity contribution >= 4 is 17.7 Å². The maximum Gasteiger partial charge on any atom is 0.321 e. The first kappa shape index (κ1) is 13.2. The fourth-order valence-corrected chi connectivity index (χ4v) is 3.87. The van der Waals surface area contributed by atoms with E-state index in [2.05, 4.69) is 24.3 Å². The minimum absolute atomic E-state index is 0.174. The molecule has 0 spiro atoms. The quantitative estimate of drug-likeness (QED) is 0.906. The Hall–Kier alpha value is -1.78. The molecule has 3 rings (SSSR count). The molecular formula is C16H15NO2S. The summed E-state index contributed by atoms with van der Waals surface area (Å²) in [7, 11) is 0. The zero-order chi connectivity index (χ0) is 14.1. The van der Waals surface area contributed by atoms with Gasteiger partial charge in [-0.15, -0.1) is 11.8 Å². The molecule has 0 aliphatic heterocycles. The molecule has 2 aromatic rings. The highest BCUT2D eigenvalue weighted by Gasteiger charge is 2.29. The van der Waals surface area contributed by atoms with Crippen molar-refractivity contribution in [1.29, 1.82) is 0 Å². The van der Waals surface area contributed by atoms with Gasteiger partial charge in [0.05, 0.1) is 5.25 Å². The predicted octanol–water partition coefficient (Wildman–Crippen LogP) is 2.90. The molecule has 0 fully saturated rings. The molecule has 3 N–H and O–H groups in total. The lowest BCUT2D eigenvalue weighted by Crippen LogP contribution is -2.32. The summed E-state index contributed by atoms with van der Waals surface area (Å²) in [4.78, 5) is 10.9. The van der Waals surface area contributed by atoms with Crippen LogP contribution in [0.4, 0.5) is 0 Å². The summed E-state index contributed by atoms with van der Waals surface area (Å²) in [5.74, 6) is -0.542. The number of thioether (sulfide) groups is 1. The van der Waals surface area contributed by atoms with E-state index in [0.717, 1.165) is 0 Å². The van der Waals surface area contributed by atoms with E-state index in [1.807, 2.05) is 24.3 Å². The van der Waals surface area contributed by atoms with Crippen molar-refractivity contribution in [3.8, 4) is 11.1 Å². The van der Waals surface area contributed by atoms with E-state index < -0.39 is 12.0 Å². The molecular weight excluding hydrogens is 270 g/mol. The minimum Gasteiger partial charge on any atom is -0.480 e. The van der Waals surface area contributed by atoms with Gasteiger partial charge in [-0.3, -0.25) is 4.79 Å². The number of aliphatic carboxylic acids is 1. The van der Waals surface area contributed by atoms with Crippen molar-refractivity contribution in [1.82, 2.24) is 0 Å². The maximum atomic E-state index is 10.9. The average molecular weight is 285 g/mol. The smallest absolute Gasteiger partial charge is 0.321 e. The van der Waals surface area contributed by atoms with Crippen LogP contribution < -0.4 is 5.73 Å². The molecule has 2 aromatic carbocycles. The van der Waals surface area contributed by atoms with Crippen molar-refractivity contribution < 1.29 is 9.90 Å². The molecule has 1 unspecified atom stereocenters. The Labute approximate surface area is 121 Å². The summed E-state index contributed by atoms with van der Waals surface area (Å²) < 4.78 is 0. The largest absolute Gasteiger partial charge is 0.480 e. The highest BCUT2D eigenvalue weighted by atomic mass is 32.2. The van der Waals surface area contributed by atoms with Gasteiger partial charge in [-0.1, -0.05) is 48.5 Å². The topological polar surface area (TPSA) is 63.3 Å². The minimum atomic E-state index is -0.947. The Morgan fingerprint density at radius 2 is 1.60 bits per heavy atom. The van der Waals surface area contributed by atoms with Crippen molar-refractivity contribution in [2.45, 2.75) is 11.3 Å². The number of carbonyl (C=O) groups is 1. The summed E-state index contributed by atoms with van der Waals surface area (Å²) in [6, 6.07) is 15.7. The Balaban J connectivity index is 1.93. The summed E-state index contributed by atoms with van der Waals surface area (Å²) in [5.41, 5.74) is 10.6. The van der Waals surface area contributed by atoms with Gasteiger partial charge < -0.3 is 10.8 Å². The molecule has 102 valence electrons. The molecule has 1 aliphatic rings. The Kier molecular flexibility index (Phi) is 3.51. The molecule has 0 saturated heterocycles. The standard InChI is InChI=1S/C16H15NO2S/c17-14(16(18)19)9-20-15-12-7-3-1-5-10(12)11-6-2-4-8-13(11)15/h1-8,14-15H,9,17H2,(H,18,19). The Morgan fingerprint density at radius 1 is 1.10 bits per heavy atom. The first-order chi connectivity index (χ1) is 9.68.